The summed E-state index contributed by atoms with van der Waals surface area (Å²) in [5, 5.41) is 5.38. The number of fused-ring (bicyclic) bond motifs is 1. The molecule has 3 rings (SSSR count). The van der Waals surface area contributed by atoms with Gasteiger partial charge in [-0.2, -0.15) is 0 Å². The molecule has 104 valence electrons. The molecule has 0 fully saturated rings. The van der Waals surface area contributed by atoms with Crippen LogP contribution < -0.4 is 5.32 Å². The van der Waals surface area contributed by atoms with E-state index in [0.717, 1.165) is 27.6 Å². The van der Waals surface area contributed by atoms with E-state index in [1.54, 1.807) is 11.3 Å². The summed E-state index contributed by atoms with van der Waals surface area (Å²) in [6.07, 6.45) is 0. The summed E-state index contributed by atoms with van der Waals surface area (Å²) < 4.78 is 15.5. The van der Waals surface area contributed by atoms with Gasteiger partial charge in [-0.1, -0.05) is 0 Å². The summed E-state index contributed by atoms with van der Waals surface area (Å²) in [5.74, 6) is -0.214. The van der Waals surface area contributed by atoms with Crippen LogP contribution in [0.3, 0.4) is 0 Å². The number of imidazole rings is 1. The molecule has 0 radical (unpaired) electrons. The van der Waals surface area contributed by atoms with E-state index in [1.807, 2.05) is 19.9 Å². The lowest BCUT2D eigenvalue weighted by Crippen LogP contribution is -2.05. The lowest BCUT2D eigenvalue weighted by atomic mass is 10.2. The normalized spacial score (nSPS) is 11.2. The number of hydrogen-bond donors (Lipinski definition) is 1. The number of nitrogens with one attached hydrogen (secondary N) is 1. The van der Waals surface area contributed by atoms with Gasteiger partial charge >= 0.3 is 0 Å². The van der Waals surface area contributed by atoms with E-state index in [9.17, 15) is 4.39 Å². The van der Waals surface area contributed by atoms with E-state index in [1.165, 1.54) is 17.8 Å². The van der Waals surface area contributed by atoms with E-state index >= 15 is 0 Å². The Kier molecular flexibility index (Phi) is 3.22. The van der Waals surface area contributed by atoms with Crippen molar-refractivity contribution < 1.29 is 4.39 Å². The summed E-state index contributed by atoms with van der Waals surface area (Å²) in [7, 11) is 0. The van der Waals surface area contributed by atoms with Crippen LogP contribution in [0.4, 0.5) is 10.1 Å². The molecular weight excluding hydrogens is 273 g/mol. The zero-order chi connectivity index (χ0) is 14.3. The number of thiazole rings is 1. The number of hydrogen-bond acceptors (Lipinski definition) is 3. The highest BCUT2D eigenvalue weighted by Crippen LogP contribution is 2.22. The second-order valence-corrected chi connectivity index (χ2v) is 5.85. The zero-order valence-electron chi connectivity index (χ0n) is 11.7. The Morgan fingerprint density at radius 2 is 2.05 bits per heavy atom. The Balaban J connectivity index is 1.90. The van der Waals surface area contributed by atoms with Crippen molar-refractivity contribution >= 4 is 22.0 Å². The third kappa shape index (κ3) is 2.29. The van der Waals surface area contributed by atoms with E-state index in [4.69, 9.17) is 0 Å². The third-order valence-electron chi connectivity index (χ3n) is 3.33. The Bertz CT molecular complexity index is 753. The predicted molar refractivity (Wildman–Crippen MR) is 81.0 cm³/mol. The molecule has 20 heavy (non-hydrogen) atoms. The molecular formula is C15H16FN3S. The minimum absolute atomic E-state index is 0.214. The average molecular weight is 289 g/mol. The first-order chi connectivity index (χ1) is 9.54. The maximum Gasteiger partial charge on any atom is 0.194 e. The summed E-state index contributed by atoms with van der Waals surface area (Å²) in [5.41, 5.74) is 5.03. The van der Waals surface area contributed by atoms with Gasteiger partial charge in [-0.25, -0.2) is 9.37 Å². The second-order valence-electron chi connectivity index (χ2n) is 5.01. The van der Waals surface area contributed by atoms with Gasteiger partial charge < -0.3 is 5.32 Å². The van der Waals surface area contributed by atoms with E-state index in [-0.39, 0.29) is 5.82 Å². The molecule has 0 aliphatic heterocycles. The van der Waals surface area contributed by atoms with Crippen molar-refractivity contribution in [3.63, 3.8) is 0 Å². The van der Waals surface area contributed by atoms with Gasteiger partial charge in [0.15, 0.2) is 4.96 Å². The van der Waals surface area contributed by atoms with Crippen LogP contribution in [-0.2, 0) is 6.54 Å². The Morgan fingerprint density at radius 3 is 2.80 bits per heavy atom. The van der Waals surface area contributed by atoms with Crippen LogP contribution in [0.15, 0.2) is 23.6 Å². The topological polar surface area (TPSA) is 29.3 Å². The molecule has 0 aliphatic rings. The number of anilines is 1. The highest BCUT2D eigenvalue weighted by atomic mass is 32.1. The summed E-state index contributed by atoms with van der Waals surface area (Å²) in [6, 6.07) is 4.98. The van der Waals surface area contributed by atoms with Gasteiger partial charge in [-0.15, -0.1) is 11.3 Å². The molecule has 0 aliphatic carbocycles. The molecule has 0 spiro atoms. The molecule has 0 saturated heterocycles. The Morgan fingerprint density at radius 1 is 1.25 bits per heavy atom. The highest BCUT2D eigenvalue weighted by molar-refractivity contribution is 7.15. The van der Waals surface area contributed by atoms with Crippen molar-refractivity contribution in [3.05, 3.63) is 52.0 Å². The third-order valence-corrected chi connectivity index (χ3v) is 4.28. The Hall–Kier alpha value is -1.88. The largest absolute Gasteiger partial charge is 0.379 e. The summed E-state index contributed by atoms with van der Waals surface area (Å²) >= 11 is 1.64. The van der Waals surface area contributed by atoms with Gasteiger partial charge in [0.1, 0.15) is 5.82 Å². The molecule has 0 saturated carbocycles. The van der Waals surface area contributed by atoms with Crippen molar-refractivity contribution in [3.8, 4) is 0 Å². The molecule has 5 heteroatoms. The lowest BCUT2D eigenvalue weighted by molar-refractivity contribution is 0.627. The summed E-state index contributed by atoms with van der Waals surface area (Å²) in [4.78, 5) is 5.56. The van der Waals surface area contributed by atoms with Crippen molar-refractivity contribution in [1.29, 1.82) is 0 Å². The minimum atomic E-state index is -0.214. The van der Waals surface area contributed by atoms with Gasteiger partial charge in [0.2, 0.25) is 0 Å². The molecule has 0 atom stereocenters. The van der Waals surface area contributed by atoms with E-state index in [0.29, 0.717) is 6.54 Å². The van der Waals surface area contributed by atoms with Gasteiger partial charge in [-0.3, -0.25) is 4.40 Å². The Labute approximate surface area is 121 Å². The van der Waals surface area contributed by atoms with Crippen molar-refractivity contribution in [1.82, 2.24) is 9.38 Å². The second kappa shape index (κ2) is 4.90. The molecule has 0 amide bonds. The lowest BCUT2D eigenvalue weighted by Gasteiger charge is -2.08. The fourth-order valence-corrected chi connectivity index (χ4v) is 3.33. The van der Waals surface area contributed by atoms with Crippen molar-refractivity contribution in [2.75, 3.05) is 5.32 Å². The molecule has 2 aromatic heterocycles. The number of nitrogens with zero attached hydrogens (tertiary/aromatic N) is 2. The van der Waals surface area contributed by atoms with Crippen LogP contribution in [0, 0.1) is 26.6 Å². The highest BCUT2D eigenvalue weighted by Gasteiger charge is 2.11. The number of aryl methyl sites for hydroxylation is 3. The minimum Gasteiger partial charge on any atom is -0.379 e. The van der Waals surface area contributed by atoms with Crippen molar-refractivity contribution in [2.24, 2.45) is 0 Å². The van der Waals surface area contributed by atoms with Crippen LogP contribution >= 0.6 is 11.3 Å². The number of rotatable bonds is 3. The van der Waals surface area contributed by atoms with Crippen LogP contribution in [0.5, 0.6) is 0 Å². The first kappa shape index (κ1) is 13.1. The molecule has 0 bridgehead atoms. The fraction of sp³-hybridized carbons (Fsp3) is 0.267. The predicted octanol–water partition coefficient (Wildman–Crippen LogP) is 4.07. The molecule has 2 heterocycles. The zero-order valence-corrected chi connectivity index (χ0v) is 12.5. The number of benzene rings is 1. The molecule has 1 N–H and O–H groups in total. The molecule has 0 unspecified atom stereocenters. The number of aromatic nitrogens is 2. The maximum atomic E-state index is 13.4. The van der Waals surface area contributed by atoms with Crippen LogP contribution in [-0.4, -0.2) is 9.38 Å². The fourth-order valence-electron chi connectivity index (χ4n) is 2.40. The van der Waals surface area contributed by atoms with Gasteiger partial charge in [0.05, 0.1) is 17.9 Å². The molecule has 3 nitrogen and oxygen atoms in total. The first-order valence-corrected chi connectivity index (χ1v) is 7.35. The number of halogens is 1. The first-order valence-electron chi connectivity index (χ1n) is 6.47. The SMILES string of the molecule is Cc1cc(F)cc(NCc2c(C)nc3scc(C)n23)c1. The quantitative estimate of drug-likeness (QED) is 0.787. The average Bonchev–Trinajstić information content (AvgIpc) is 2.86. The van der Waals surface area contributed by atoms with E-state index in [2.05, 4.69) is 27.0 Å². The van der Waals surface area contributed by atoms with Crippen LogP contribution in [0.2, 0.25) is 0 Å². The monoisotopic (exact) mass is 289 g/mol. The molecule has 1 aromatic carbocycles. The smallest absolute Gasteiger partial charge is 0.194 e. The van der Waals surface area contributed by atoms with Crippen LogP contribution in [0.25, 0.3) is 4.96 Å². The van der Waals surface area contributed by atoms with Gasteiger partial charge in [0, 0.05) is 16.8 Å². The van der Waals surface area contributed by atoms with Gasteiger partial charge in [0.25, 0.3) is 0 Å². The molecule has 3 aromatic rings. The maximum absolute atomic E-state index is 13.4. The summed E-state index contributed by atoms with van der Waals surface area (Å²) in [6.45, 7) is 6.60. The van der Waals surface area contributed by atoms with Crippen molar-refractivity contribution in [2.45, 2.75) is 27.3 Å². The van der Waals surface area contributed by atoms with E-state index < -0.39 is 0 Å². The van der Waals surface area contributed by atoms with Crippen LogP contribution in [0.1, 0.15) is 22.6 Å². The van der Waals surface area contributed by atoms with Gasteiger partial charge in [-0.05, 0) is 44.5 Å². The standard InChI is InChI=1S/C15H16FN3S/c1-9-4-12(16)6-13(5-9)17-7-14-11(3)18-15-19(14)10(2)8-20-15/h4-6,8,17H,7H2,1-3H3.